The maximum Gasteiger partial charge on any atom is 0.176 e. The van der Waals surface area contributed by atoms with E-state index in [4.69, 9.17) is 11.6 Å². The summed E-state index contributed by atoms with van der Waals surface area (Å²) in [7, 11) is 0. The summed E-state index contributed by atoms with van der Waals surface area (Å²) in [5, 5.41) is 0.664. The third-order valence-electron chi connectivity index (χ3n) is 3.85. The van der Waals surface area contributed by atoms with Gasteiger partial charge in [-0.25, -0.2) is 0 Å². The first-order valence-corrected chi connectivity index (χ1v) is 7.66. The van der Waals surface area contributed by atoms with Crippen LogP contribution in [0.1, 0.15) is 35.4 Å². The zero-order valence-electron chi connectivity index (χ0n) is 8.71. The van der Waals surface area contributed by atoms with Crippen LogP contribution in [0, 0.1) is 17.8 Å². The third-order valence-corrected chi connectivity index (χ3v) is 6.34. The first-order chi connectivity index (χ1) is 7.68. The highest BCUT2D eigenvalue weighted by atomic mass is 79.9. The van der Waals surface area contributed by atoms with Gasteiger partial charge in [-0.2, -0.15) is 0 Å². The van der Waals surface area contributed by atoms with Gasteiger partial charge in [0.2, 0.25) is 0 Å². The van der Waals surface area contributed by atoms with Gasteiger partial charge in [-0.1, -0.05) is 24.4 Å². The number of carbonyl (C=O) groups is 1. The lowest BCUT2D eigenvalue weighted by molar-refractivity contribution is 0.0960. The lowest BCUT2D eigenvalue weighted by Gasteiger charge is -2.04. The fourth-order valence-electron chi connectivity index (χ4n) is 3.01. The molecule has 86 valence electrons. The fourth-order valence-corrected chi connectivity index (χ4v) is 4.70. The van der Waals surface area contributed by atoms with E-state index in [0.29, 0.717) is 28.6 Å². The minimum Gasteiger partial charge on any atom is -0.293 e. The van der Waals surface area contributed by atoms with Crippen LogP contribution in [0.5, 0.6) is 0 Å². The van der Waals surface area contributed by atoms with E-state index >= 15 is 0 Å². The Hall–Kier alpha value is 0.140. The zero-order chi connectivity index (χ0) is 11.3. The van der Waals surface area contributed by atoms with Gasteiger partial charge in [0.25, 0.3) is 0 Å². The summed E-state index contributed by atoms with van der Waals surface area (Å²) in [6.07, 6.45) is 5.11. The first-order valence-electron chi connectivity index (χ1n) is 5.67. The number of ketones is 1. The van der Waals surface area contributed by atoms with Gasteiger partial charge in [0, 0.05) is 5.92 Å². The number of thiophene rings is 1. The van der Waals surface area contributed by atoms with E-state index in [1.807, 2.05) is 6.07 Å². The van der Waals surface area contributed by atoms with Crippen molar-refractivity contribution in [1.82, 2.24) is 0 Å². The topological polar surface area (TPSA) is 17.1 Å². The molecule has 2 atom stereocenters. The van der Waals surface area contributed by atoms with Crippen LogP contribution in [-0.4, -0.2) is 5.78 Å². The summed E-state index contributed by atoms with van der Waals surface area (Å²) in [5.74, 6) is 2.00. The van der Waals surface area contributed by atoms with E-state index in [1.54, 1.807) is 0 Å². The zero-order valence-corrected chi connectivity index (χ0v) is 11.9. The Balaban J connectivity index is 1.79. The molecule has 1 aromatic rings. The molecule has 2 saturated carbocycles. The molecule has 0 radical (unpaired) electrons. The Kier molecular flexibility index (Phi) is 2.89. The normalized spacial score (nSPS) is 32.2. The smallest absolute Gasteiger partial charge is 0.176 e. The molecule has 2 fully saturated rings. The largest absolute Gasteiger partial charge is 0.293 e. The van der Waals surface area contributed by atoms with Gasteiger partial charge in [-0.3, -0.25) is 4.79 Å². The number of fused-ring (bicyclic) bond motifs is 1. The van der Waals surface area contributed by atoms with Crippen LogP contribution in [0.2, 0.25) is 5.02 Å². The van der Waals surface area contributed by atoms with Crippen molar-refractivity contribution in [3.05, 3.63) is 19.8 Å². The SMILES string of the molecule is O=C(c1cc(Cl)c(Br)s1)C1C2CCCCC21. The van der Waals surface area contributed by atoms with Crippen LogP contribution in [0.3, 0.4) is 0 Å². The van der Waals surface area contributed by atoms with Gasteiger partial charge in [0.05, 0.1) is 13.7 Å². The second kappa shape index (κ2) is 4.11. The maximum atomic E-state index is 12.3. The molecule has 16 heavy (non-hydrogen) atoms. The van der Waals surface area contributed by atoms with Gasteiger partial charge in [-0.15, -0.1) is 11.3 Å². The molecular weight excluding hydrogens is 308 g/mol. The van der Waals surface area contributed by atoms with E-state index in [1.165, 1.54) is 37.0 Å². The molecule has 0 N–H and O–H groups in total. The minimum atomic E-state index is 0.309. The number of Topliss-reactive ketones (excluding diaryl/α,β-unsaturated/α-hetero) is 1. The Morgan fingerprint density at radius 1 is 1.38 bits per heavy atom. The molecule has 1 heterocycles. The van der Waals surface area contributed by atoms with Gasteiger partial charge >= 0.3 is 0 Å². The van der Waals surface area contributed by atoms with Gasteiger partial charge in [-0.05, 0) is 46.7 Å². The van der Waals surface area contributed by atoms with E-state index in [-0.39, 0.29) is 0 Å². The molecule has 0 aliphatic heterocycles. The summed E-state index contributed by atoms with van der Waals surface area (Å²) in [6, 6.07) is 1.81. The molecule has 4 heteroatoms. The number of hydrogen-bond acceptors (Lipinski definition) is 2. The van der Waals surface area contributed by atoms with Gasteiger partial charge in [0.1, 0.15) is 0 Å². The summed E-state index contributed by atoms with van der Waals surface area (Å²) in [6.45, 7) is 0. The lowest BCUT2D eigenvalue weighted by Crippen LogP contribution is -2.01. The molecule has 0 bridgehead atoms. The Morgan fingerprint density at radius 3 is 2.50 bits per heavy atom. The summed E-state index contributed by atoms with van der Waals surface area (Å²) in [5.41, 5.74) is 0. The Morgan fingerprint density at radius 2 is 2.00 bits per heavy atom. The van der Waals surface area contributed by atoms with Crippen molar-refractivity contribution < 1.29 is 4.79 Å². The lowest BCUT2D eigenvalue weighted by atomic mass is 10.0. The molecule has 0 amide bonds. The maximum absolute atomic E-state index is 12.3. The molecule has 2 aliphatic rings. The number of hydrogen-bond donors (Lipinski definition) is 0. The third kappa shape index (κ3) is 1.77. The molecular formula is C12H12BrClOS. The van der Waals surface area contributed by atoms with Crippen molar-refractivity contribution in [3.63, 3.8) is 0 Å². The summed E-state index contributed by atoms with van der Waals surface area (Å²) in [4.78, 5) is 13.1. The van der Waals surface area contributed by atoms with Crippen LogP contribution in [0.4, 0.5) is 0 Å². The summed E-state index contributed by atoms with van der Waals surface area (Å²) >= 11 is 10.8. The monoisotopic (exact) mass is 318 g/mol. The highest BCUT2D eigenvalue weighted by molar-refractivity contribution is 9.11. The Labute approximate surface area is 112 Å². The van der Waals surface area contributed by atoms with E-state index < -0.39 is 0 Å². The minimum absolute atomic E-state index is 0.309. The molecule has 0 saturated heterocycles. The number of rotatable bonds is 2. The quantitative estimate of drug-likeness (QED) is 0.717. The van der Waals surface area contributed by atoms with Crippen LogP contribution >= 0.6 is 38.9 Å². The predicted octanol–water partition coefficient (Wildman–Crippen LogP) is 4.78. The second-order valence-electron chi connectivity index (χ2n) is 4.73. The van der Waals surface area contributed by atoms with Crippen molar-refractivity contribution in [2.24, 2.45) is 17.8 Å². The van der Waals surface area contributed by atoms with Crippen molar-refractivity contribution in [1.29, 1.82) is 0 Å². The van der Waals surface area contributed by atoms with Gasteiger partial charge < -0.3 is 0 Å². The Bertz CT molecular complexity index is 411. The predicted molar refractivity (Wildman–Crippen MR) is 70.3 cm³/mol. The van der Waals surface area contributed by atoms with E-state index in [2.05, 4.69) is 15.9 Å². The molecule has 3 rings (SSSR count). The molecule has 2 aliphatic carbocycles. The van der Waals surface area contributed by atoms with Crippen molar-refractivity contribution in [3.8, 4) is 0 Å². The van der Waals surface area contributed by atoms with Crippen LogP contribution in [0.25, 0.3) is 0 Å². The second-order valence-corrected chi connectivity index (χ2v) is 7.51. The van der Waals surface area contributed by atoms with E-state index in [9.17, 15) is 4.79 Å². The highest BCUT2D eigenvalue weighted by Gasteiger charge is 2.54. The highest BCUT2D eigenvalue weighted by Crippen LogP contribution is 2.57. The molecule has 1 nitrogen and oxygen atoms in total. The average Bonchev–Trinajstić information content (AvgIpc) is 2.91. The standard InChI is InChI=1S/C12H12BrClOS/c13-12-8(14)5-9(16-12)11(15)10-6-3-1-2-4-7(6)10/h5-7,10H,1-4H2. The van der Waals surface area contributed by atoms with Crippen LogP contribution < -0.4 is 0 Å². The number of halogens is 2. The van der Waals surface area contributed by atoms with E-state index in [0.717, 1.165) is 8.66 Å². The molecule has 0 spiro atoms. The van der Waals surface area contributed by atoms with Gasteiger partial charge in [0.15, 0.2) is 5.78 Å². The van der Waals surface area contributed by atoms with Crippen molar-refractivity contribution >= 4 is 44.7 Å². The number of carbonyl (C=O) groups excluding carboxylic acids is 1. The average molecular weight is 320 g/mol. The van der Waals surface area contributed by atoms with Crippen LogP contribution in [-0.2, 0) is 0 Å². The summed E-state index contributed by atoms with van der Waals surface area (Å²) < 4.78 is 0.876. The molecule has 0 aromatic carbocycles. The fraction of sp³-hybridized carbons (Fsp3) is 0.583. The molecule has 1 aromatic heterocycles. The van der Waals surface area contributed by atoms with Crippen molar-refractivity contribution in [2.75, 3.05) is 0 Å². The van der Waals surface area contributed by atoms with Crippen LogP contribution in [0.15, 0.2) is 9.85 Å². The molecule has 2 unspecified atom stereocenters. The first kappa shape index (κ1) is 11.2. The van der Waals surface area contributed by atoms with Crippen molar-refractivity contribution in [2.45, 2.75) is 25.7 Å².